The monoisotopic (exact) mass is 353 g/mol. The first-order chi connectivity index (χ1) is 12.7. The lowest BCUT2D eigenvalue weighted by Gasteiger charge is -2.16. The van der Waals surface area contributed by atoms with E-state index < -0.39 is 0 Å². The zero-order chi connectivity index (χ0) is 18.2. The predicted octanol–water partition coefficient (Wildman–Crippen LogP) is 4.15. The third-order valence-electron chi connectivity index (χ3n) is 4.84. The topological polar surface area (TPSA) is 63.2 Å². The Bertz CT molecular complexity index is 690. The summed E-state index contributed by atoms with van der Waals surface area (Å²) in [6.45, 7) is 0.477. The van der Waals surface area contributed by atoms with Gasteiger partial charge < -0.3 is 15.4 Å². The van der Waals surface area contributed by atoms with Crippen molar-refractivity contribution in [3.05, 3.63) is 53.7 Å². The number of anilines is 1. The van der Waals surface area contributed by atoms with Gasteiger partial charge in [-0.3, -0.25) is 4.79 Å². The van der Waals surface area contributed by atoms with Crippen molar-refractivity contribution >= 4 is 11.7 Å². The minimum atomic E-state index is -0.116. The molecule has 0 bridgehead atoms. The summed E-state index contributed by atoms with van der Waals surface area (Å²) in [7, 11) is 1.64. The van der Waals surface area contributed by atoms with E-state index in [0.29, 0.717) is 18.2 Å². The molecule has 0 saturated heterocycles. The van der Waals surface area contributed by atoms with Crippen LogP contribution in [0, 0.1) is 0 Å². The second-order valence-corrected chi connectivity index (χ2v) is 6.80. The zero-order valence-electron chi connectivity index (χ0n) is 15.3. The van der Waals surface area contributed by atoms with Crippen LogP contribution in [0.3, 0.4) is 0 Å². The van der Waals surface area contributed by atoms with Crippen molar-refractivity contribution < 1.29 is 9.53 Å². The first kappa shape index (κ1) is 18.2. The first-order valence-electron chi connectivity index (χ1n) is 9.38. The SMILES string of the molecule is COc1ccc(CNC(=O)c2ccc(NC3CCCCCC3)nc2)cc1. The molecule has 1 amide bonds. The number of nitrogens with one attached hydrogen (secondary N) is 2. The molecule has 5 heteroatoms. The van der Waals surface area contributed by atoms with Crippen LogP contribution in [0.1, 0.15) is 54.4 Å². The molecule has 1 fully saturated rings. The molecule has 3 rings (SSSR count). The molecule has 0 aliphatic heterocycles. The Kier molecular flexibility index (Phi) is 6.47. The number of hydrogen-bond donors (Lipinski definition) is 2. The van der Waals surface area contributed by atoms with Crippen LogP contribution in [0.25, 0.3) is 0 Å². The summed E-state index contributed by atoms with van der Waals surface area (Å²) in [6.07, 6.45) is 9.27. The highest BCUT2D eigenvalue weighted by molar-refractivity contribution is 5.94. The minimum Gasteiger partial charge on any atom is -0.497 e. The number of amides is 1. The fraction of sp³-hybridized carbons (Fsp3) is 0.429. The van der Waals surface area contributed by atoms with E-state index in [2.05, 4.69) is 15.6 Å². The van der Waals surface area contributed by atoms with E-state index in [1.165, 1.54) is 38.5 Å². The number of methoxy groups -OCH3 is 1. The smallest absolute Gasteiger partial charge is 0.253 e. The van der Waals surface area contributed by atoms with Gasteiger partial charge in [-0.2, -0.15) is 0 Å². The molecule has 0 spiro atoms. The van der Waals surface area contributed by atoms with Gasteiger partial charge in [-0.05, 0) is 42.7 Å². The molecule has 2 aromatic rings. The fourth-order valence-electron chi connectivity index (χ4n) is 3.27. The molecular weight excluding hydrogens is 326 g/mol. The third kappa shape index (κ3) is 5.22. The summed E-state index contributed by atoms with van der Waals surface area (Å²) < 4.78 is 5.14. The zero-order valence-corrected chi connectivity index (χ0v) is 15.3. The van der Waals surface area contributed by atoms with E-state index in [1.54, 1.807) is 13.3 Å². The Balaban J connectivity index is 1.51. The maximum atomic E-state index is 12.3. The second-order valence-electron chi connectivity index (χ2n) is 6.80. The Morgan fingerprint density at radius 3 is 2.42 bits per heavy atom. The number of benzene rings is 1. The molecule has 0 unspecified atom stereocenters. The highest BCUT2D eigenvalue weighted by Gasteiger charge is 2.13. The van der Waals surface area contributed by atoms with E-state index in [4.69, 9.17) is 4.74 Å². The van der Waals surface area contributed by atoms with E-state index >= 15 is 0 Å². The van der Waals surface area contributed by atoms with Gasteiger partial charge in [0, 0.05) is 18.8 Å². The van der Waals surface area contributed by atoms with Crippen LogP contribution in [-0.4, -0.2) is 24.0 Å². The number of nitrogens with zero attached hydrogens (tertiary/aromatic N) is 1. The summed E-state index contributed by atoms with van der Waals surface area (Å²) in [5.74, 6) is 1.54. The van der Waals surface area contributed by atoms with Crippen LogP contribution in [-0.2, 0) is 6.54 Å². The van der Waals surface area contributed by atoms with Crippen LogP contribution >= 0.6 is 0 Å². The molecule has 0 radical (unpaired) electrons. The molecule has 5 nitrogen and oxygen atoms in total. The van der Waals surface area contributed by atoms with Crippen LogP contribution < -0.4 is 15.4 Å². The molecule has 138 valence electrons. The molecule has 1 saturated carbocycles. The van der Waals surface area contributed by atoms with Gasteiger partial charge in [0.15, 0.2) is 0 Å². The van der Waals surface area contributed by atoms with Crippen molar-refractivity contribution in [2.45, 2.75) is 51.1 Å². The molecule has 26 heavy (non-hydrogen) atoms. The Hall–Kier alpha value is -2.56. The summed E-state index contributed by atoms with van der Waals surface area (Å²) >= 11 is 0. The van der Waals surface area contributed by atoms with Gasteiger partial charge in [0.25, 0.3) is 5.91 Å². The van der Waals surface area contributed by atoms with Gasteiger partial charge in [-0.1, -0.05) is 37.8 Å². The Morgan fingerprint density at radius 2 is 1.81 bits per heavy atom. The van der Waals surface area contributed by atoms with Crippen LogP contribution in [0.4, 0.5) is 5.82 Å². The largest absolute Gasteiger partial charge is 0.497 e. The number of carbonyl (C=O) groups is 1. The van der Waals surface area contributed by atoms with Crippen molar-refractivity contribution in [3.63, 3.8) is 0 Å². The first-order valence-corrected chi connectivity index (χ1v) is 9.38. The maximum Gasteiger partial charge on any atom is 0.253 e. The summed E-state index contributed by atoms with van der Waals surface area (Å²) in [5.41, 5.74) is 1.60. The van der Waals surface area contributed by atoms with E-state index in [-0.39, 0.29) is 5.91 Å². The quantitative estimate of drug-likeness (QED) is 0.766. The summed E-state index contributed by atoms with van der Waals surface area (Å²) in [6, 6.07) is 11.9. The van der Waals surface area contributed by atoms with E-state index in [9.17, 15) is 4.79 Å². The van der Waals surface area contributed by atoms with Crippen molar-refractivity contribution in [2.24, 2.45) is 0 Å². The van der Waals surface area contributed by atoms with Crippen molar-refractivity contribution in [1.29, 1.82) is 0 Å². The number of pyridine rings is 1. The highest BCUT2D eigenvalue weighted by atomic mass is 16.5. The fourth-order valence-corrected chi connectivity index (χ4v) is 3.27. The standard InChI is InChI=1S/C21H27N3O2/c1-26-19-11-8-16(9-12-19)14-23-21(25)17-10-13-20(22-15-17)24-18-6-4-2-3-5-7-18/h8-13,15,18H,2-7,14H2,1H3,(H,22,24)(H,23,25). The van der Waals surface area contributed by atoms with Crippen molar-refractivity contribution in [3.8, 4) is 5.75 Å². The van der Waals surface area contributed by atoms with Crippen LogP contribution in [0.15, 0.2) is 42.6 Å². The molecule has 0 atom stereocenters. The molecule has 2 N–H and O–H groups in total. The highest BCUT2D eigenvalue weighted by Crippen LogP contribution is 2.20. The maximum absolute atomic E-state index is 12.3. The summed E-state index contributed by atoms with van der Waals surface area (Å²) in [4.78, 5) is 16.7. The second kappa shape index (κ2) is 9.22. The van der Waals surface area contributed by atoms with Gasteiger partial charge in [-0.15, -0.1) is 0 Å². The minimum absolute atomic E-state index is 0.116. The molecule has 1 aromatic carbocycles. The molecule has 1 aliphatic rings. The molecular formula is C21H27N3O2. The molecule has 1 aromatic heterocycles. The number of hydrogen-bond acceptors (Lipinski definition) is 4. The van der Waals surface area contributed by atoms with Gasteiger partial charge in [0.05, 0.1) is 12.7 Å². The number of rotatable bonds is 6. The Labute approximate surface area is 155 Å². The molecule has 1 aliphatic carbocycles. The molecule has 1 heterocycles. The van der Waals surface area contributed by atoms with Crippen LogP contribution in [0.2, 0.25) is 0 Å². The average Bonchev–Trinajstić information content (AvgIpc) is 2.96. The average molecular weight is 353 g/mol. The van der Waals surface area contributed by atoms with E-state index in [0.717, 1.165) is 17.1 Å². The van der Waals surface area contributed by atoms with Gasteiger partial charge in [0.1, 0.15) is 11.6 Å². The predicted molar refractivity (Wildman–Crippen MR) is 104 cm³/mol. The lowest BCUT2D eigenvalue weighted by Crippen LogP contribution is -2.23. The number of carbonyl (C=O) groups excluding carboxylic acids is 1. The van der Waals surface area contributed by atoms with Crippen molar-refractivity contribution in [2.75, 3.05) is 12.4 Å². The number of aromatic nitrogens is 1. The third-order valence-corrected chi connectivity index (χ3v) is 4.84. The summed E-state index contributed by atoms with van der Waals surface area (Å²) in [5, 5.41) is 6.42. The van der Waals surface area contributed by atoms with E-state index in [1.807, 2.05) is 36.4 Å². The van der Waals surface area contributed by atoms with Gasteiger partial charge in [-0.25, -0.2) is 4.98 Å². The van der Waals surface area contributed by atoms with Crippen LogP contribution in [0.5, 0.6) is 5.75 Å². The normalized spacial score (nSPS) is 15.1. The van der Waals surface area contributed by atoms with Gasteiger partial charge in [0.2, 0.25) is 0 Å². The lowest BCUT2D eigenvalue weighted by atomic mass is 10.1. The number of ether oxygens (including phenoxy) is 1. The van der Waals surface area contributed by atoms with Gasteiger partial charge >= 0.3 is 0 Å². The lowest BCUT2D eigenvalue weighted by molar-refractivity contribution is 0.0950. The van der Waals surface area contributed by atoms with Crippen molar-refractivity contribution in [1.82, 2.24) is 10.3 Å². The Morgan fingerprint density at radius 1 is 1.08 bits per heavy atom.